The van der Waals surface area contributed by atoms with Crippen LogP contribution in [0, 0.1) is 0 Å². The second-order valence-electron chi connectivity index (χ2n) is 8.59. The number of rotatable bonds is 21. The fraction of sp³-hybridized carbons (Fsp3) is 1.00. The minimum Gasteiger partial charge on any atom is -0.394 e. The van der Waals surface area contributed by atoms with Crippen molar-refractivity contribution >= 4 is 0 Å². The number of hydrogen-bond donors (Lipinski definition) is 3. The van der Waals surface area contributed by atoms with Gasteiger partial charge < -0.3 is 25.6 Å². The van der Waals surface area contributed by atoms with Crippen LogP contribution in [0.25, 0.3) is 0 Å². The normalized spacial score (nSPS) is 12.4. The molecule has 0 aliphatic carbocycles. The van der Waals surface area contributed by atoms with E-state index in [0.717, 1.165) is 45.5 Å². The molecule has 0 bridgehead atoms. The van der Waals surface area contributed by atoms with Crippen LogP contribution < -0.4 is 11.1 Å². The van der Waals surface area contributed by atoms with Gasteiger partial charge in [0.2, 0.25) is 0 Å². The lowest BCUT2D eigenvalue weighted by atomic mass is 10.0. The smallest absolute Gasteiger partial charge is 0.0701 e. The molecular weight excluding hydrogens is 354 g/mol. The highest BCUT2D eigenvalue weighted by Crippen LogP contribution is 2.12. The van der Waals surface area contributed by atoms with E-state index in [9.17, 15) is 0 Å². The number of aliphatic hydroxyl groups excluding tert-OH is 1. The number of nitrogens with two attached hydrogens (primary N) is 1. The zero-order valence-corrected chi connectivity index (χ0v) is 19.2. The molecule has 0 saturated heterocycles. The van der Waals surface area contributed by atoms with Crippen LogP contribution in [0.2, 0.25) is 0 Å². The Hall–Kier alpha value is -0.240. The minimum atomic E-state index is 0.0739. The first-order valence-corrected chi connectivity index (χ1v) is 11.4. The maximum absolute atomic E-state index is 8.62. The molecule has 0 saturated carbocycles. The first-order chi connectivity index (χ1) is 13.4. The van der Waals surface area contributed by atoms with E-state index in [0.29, 0.717) is 25.9 Å². The minimum absolute atomic E-state index is 0.0739. The third kappa shape index (κ3) is 17.8. The fourth-order valence-corrected chi connectivity index (χ4v) is 3.22. The van der Waals surface area contributed by atoms with Gasteiger partial charge in [-0.15, -0.1) is 0 Å². The molecule has 0 aromatic rings. The van der Waals surface area contributed by atoms with Crippen molar-refractivity contribution in [1.29, 1.82) is 0 Å². The highest BCUT2D eigenvalue weighted by Gasteiger charge is 2.22. The van der Waals surface area contributed by atoms with E-state index in [1.54, 1.807) is 0 Å². The molecule has 0 aliphatic rings. The number of ether oxygens (including phenoxy) is 2. The SMILES string of the molecule is CC(C)N(CCCCCCCN)CC(C)(C)NCCCCOCCOCCO. The predicted octanol–water partition coefficient (Wildman–Crippen LogP) is 2.78. The van der Waals surface area contributed by atoms with Crippen LogP contribution in [0.3, 0.4) is 0 Å². The van der Waals surface area contributed by atoms with Crippen molar-refractivity contribution in [2.75, 3.05) is 59.2 Å². The lowest BCUT2D eigenvalue weighted by molar-refractivity contribution is 0.0321. The molecule has 0 amide bonds. The first-order valence-electron chi connectivity index (χ1n) is 11.4. The number of aliphatic hydroxyl groups is 1. The summed E-state index contributed by atoms with van der Waals surface area (Å²) < 4.78 is 10.7. The Morgan fingerprint density at radius 3 is 2.18 bits per heavy atom. The maximum atomic E-state index is 8.62. The van der Waals surface area contributed by atoms with E-state index in [1.807, 2.05) is 0 Å². The van der Waals surface area contributed by atoms with Crippen molar-refractivity contribution in [3.05, 3.63) is 0 Å². The molecule has 0 aliphatic heterocycles. The first kappa shape index (κ1) is 27.8. The molecule has 0 radical (unpaired) electrons. The lowest BCUT2D eigenvalue weighted by Crippen LogP contribution is -2.51. The van der Waals surface area contributed by atoms with Crippen molar-refractivity contribution in [3.63, 3.8) is 0 Å². The summed E-state index contributed by atoms with van der Waals surface area (Å²) in [6.45, 7) is 15.7. The van der Waals surface area contributed by atoms with Crippen LogP contribution >= 0.6 is 0 Å². The predicted molar refractivity (Wildman–Crippen MR) is 119 cm³/mol. The van der Waals surface area contributed by atoms with E-state index in [-0.39, 0.29) is 12.1 Å². The van der Waals surface area contributed by atoms with Crippen LogP contribution in [-0.2, 0) is 9.47 Å². The Morgan fingerprint density at radius 1 is 0.893 bits per heavy atom. The Labute approximate surface area is 174 Å². The summed E-state index contributed by atoms with van der Waals surface area (Å²) >= 11 is 0. The fourth-order valence-electron chi connectivity index (χ4n) is 3.22. The van der Waals surface area contributed by atoms with Crippen molar-refractivity contribution in [2.45, 2.75) is 84.2 Å². The molecule has 0 aromatic carbocycles. The standard InChI is InChI=1S/C22H49N3O3/c1-21(2)25(14-10-7-5-6-8-12-23)20-22(3,4)24-13-9-11-16-27-18-19-28-17-15-26/h21,24,26H,5-20,23H2,1-4H3. The molecule has 0 heterocycles. The summed E-state index contributed by atoms with van der Waals surface area (Å²) in [5, 5.41) is 12.3. The quantitative estimate of drug-likeness (QED) is 0.256. The molecule has 28 heavy (non-hydrogen) atoms. The number of unbranched alkanes of at least 4 members (excludes halogenated alkanes) is 5. The number of nitrogens with one attached hydrogen (secondary N) is 1. The van der Waals surface area contributed by atoms with Gasteiger partial charge in [0.15, 0.2) is 0 Å². The third-order valence-electron chi connectivity index (χ3n) is 4.90. The zero-order chi connectivity index (χ0) is 21.1. The van der Waals surface area contributed by atoms with Gasteiger partial charge in [0.05, 0.1) is 26.4 Å². The second-order valence-corrected chi connectivity index (χ2v) is 8.59. The van der Waals surface area contributed by atoms with Gasteiger partial charge >= 0.3 is 0 Å². The molecule has 170 valence electrons. The molecule has 0 rings (SSSR count). The third-order valence-corrected chi connectivity index (χ3v) is 4.90. The Kier molecular flexibility index (Phi) is 18.6. The zero-order valence-electron chi connectivity index (χ0n) is 19.2. The van der Waals surface area contributed by atoms with Gasteiger partial charge in [-0.2, -0.15) is 0 Å². The second kappa shape index (κ2) is 18.8. The van der Waals surface area contributed by atoms with Gasteiger partial charge in [-0.25, -0.2) is 0 Å². The summed E-state index contributed by atoms with van der Waals surface area (Å²) in [4.78, 5) is 2.60. The Morgan fingerprint density at radius 2 is 1.54 bits per heavy atom. The van der Waals surface area contributed by atoms with E-state index in [1.165, 1.54) is 32.2 Å². The Bertz CT molecular complexity index is 328. The summed E-state index contributed by atoms with van der Waals surface area (Å²) in [5.74, 6) is 0. The largest absolute Gasteiger partial charge is 0.394 e. The average molecular weight is 404 g/mol. The number of hydrogen-bond acceptors (Lipinski definition) is 6. The van der Waals surface area contributed by atoms with Gasteiger partial charge in [0, 0.05) is 24.7 Å². The van der Waals surface area contributed by atoms with Crippen LogP contribution in [0.4, 0.5) is 0 Å². The van der Waals surface area contributed by atoms with Gasteiger partial charge in [0.25, 0.3) is 0 Å². The highest BCUT2D eigenvalue weighted by atomic mass is 16.5. The van der Waals surface area contributed by atoms with Crippen molar-refractivity contribution in [1.82, 2.24) is 10.2 Å². The average Bonchev–Trinajstić information content (AvgIpc) is 2.64. The molecular formula is C22H49N3O3. The van der Waals surface area contributed by atoms with E-state index in [4.69, 9.17) is 20.3 Å². The lowest BCUT2D eigenvalue weighted by Gasteiger charge is -2.36. The van der Waals surface area contributed by atoms with Crippen molar-refractivity contribution in [2.24, 2.45) is 5.73 Å². The van der Waals surface area contributed by atoms with Gasteiger partial charge in [-0.1, -0.05) is 19.3 Å². The van der Waals surface area contributed by atoms with Gasteiger partial charge in [0.1, 0.15) is 0 Å². The molecule has 6 nitrogen and oxygen atoms in total. The highest BCUT2D eigenvalue weighted by molar-refractivity contribution is 4.83. The molecule has 0 unspecified atom stereocenters. The summed E-state index contributed by atoms with van der Waals surface area (Å²) in [7, 11) is 0. The van der Waals surface area contributed by atoms with Crippen molar-refractivity contribution in [3.8, 4) is 0 Å². The van der Waals surface area contributed by atoms with Crippen LogP contribution in [0.1, 0.15) is 72.6 Å². The van der Waals surface area contributed by atoms with Crippen LogP contribution in [0.15, 0.2) is 0 Å². The molecule has 0 aromatic heterocycles. The van der Waals surface area contributed by atoms with E-state index >= 15 is 0 Å². The van der Waals surface area contributed by atoms with Gasteiger partial charge in [-0.05, 0) is 73.0 Å². The molecule has 4 N–H and O–H groups in total. The molecule has 0 atom stereocenters. The molecule has 0 spiro atoms. The number of nitrogens with zero attached hydrogens (tertiary/aromatic N) is 1. The van der Waals surface area contributed by atoms with Crippen LogP contribution in [0.5, 0.6) is 0 Å². The summed E-state index contributed by atoms with van der Waals surface area (Å²) in [6, 6.07) is 0.576. The molecule has 6 heteroatoms. The van der Waals surface area contributed by atoms with E-state index in [2.05, 4.69) is 37.9 Å². The monoisotopic (exact) mass is 403 g/mol. The van der Waals surface area contributed by atoms with E-state index < -0.39 is 0 Å². The summed E-state index contributed by atoms with van der Waals surface area (Å²) in [5.41, 5.74) is 5.68. The van der Waals surface area contributed by atoms with Crippen LogP contribution in [-0.4, -0.2) is 80.8 Å². The van der Waals surface area contributed by atoms with Gasteiger partial charge in [-0.3, -0.25) is 4.90 Å². The molecule has 0 fully saturated rings. The Balaban J connectivity index is 3.82. The topological polar surface area (TPSA) is 80.0 Å². The maximum Gasteiger partial charge on any atom is 0.0701 e. The van der Waals surface area contributed by atoms with Crippen molar-refractivity contribution < 1.29 is 14.6 Å². The summed E-state index contributed by atoms with van der Waals surface area (Å²) in [6.07, 6.45) is 8.49.